The van der Waals surface area contributed by atoms with Gasteiger partial charge in [0.1, 0.15) is 5.60 Å². The zero-order valence-corrected chi connectivity index (χ0v) is 12.7. The van der Waals surface area contributed by atoms with Crippen molar-refractivity contribution in [3.8, 4) is 0 Å². The molecule has 0 saturated heterocycles. The van der Waals surface area contributed by atoms with Gasteiger partial charge < -0.3 is 4.74 Å². The SMILES string of the molecule is CC(C)(C)OC(=O)Nc1cnc2ccsc2c1Br. The molecule has 0 atom stereocenters. The van der Waals surface area contributed by atoms with Gasteiger partial charge in [-0.15, -0.1) is 11.3 Å². The predicted molar refractivity (Wildman–Crippen MR) is 77.2 cm³/mol. The third-order valence-corrected chi connectivity index (χ3v) is 4.06. The Morgan fingerprint density at radius 2 is 2.22 bits per heavy atom. The molecule has 2 aromatic heterocycles. The highest BCUT2D eigenvalue weighted by molar-refractivity contribution is 9.10. The Morgan fingerprint density at radius 3 is 2.89 bits per heavy atom. The first kappa shape index (κ1) is 13.3. The van der Waals surface area contributed by atoms with Gasteiger partial charge in [-0.2, -0.15) is 0 Å². The van der Waals surface area contributed by atoms with E-state index >= 15 is 0 Å². The number of pyridine rings is 1. The van der Waals surface area contributed by atoms with E-state index in [-0.39, 0.29) is 0 Å². The minimum absolute atomic E-state index is 0.485. The molecule has 0 aliphatic heterocycles. The second kappa shape index (κ2) is 4.85. The van der Waals surface area contributed by atoms with Crippen LogP contribution in [0, 0.1) is 0 Å². The average Bonchev–Trinajstić information content (AvgIpc) is 2.68. The van der Waals surface area contributed by atoms with Gasteiger partial charge in [0.2, 0.25) is 0 Å². The van der Waals surface area contributed by atoms with Crippen LogP contribution in [0.3, 0.4) is 0 Å². The van der Waals surface area contributed by atoms with Gasteiger partial charge >= 0.3 is 6.09 Å². The van der Waals surface area contributed by atoms with Gasteiger partial charge in [0, 0.05) is 0 Å². The zero-order valence-electron chi connectivity index (χ0n) is 10.3. The number of aromatic nitrogens is 1. The van der Waals surface area contributed by atoms with Gasteiger partial charge in [-0.05, 0) is 48.1 Å². The number of anilines is 1. The lowest BCUT2D eigenvalue weighted by Gasteiger charge is -2.19. The summed E-state index contributed by atoms with van der Waals surface area (Å²) < 4.78 is 7.03. The Labute approximate surface area is 117 Å². The van der Waals surface area contributed by atoms with Crippen LogP contribution in [0.25, 0.3) is 10.2 Å². The van der Waals surface area contributed by atoms with Crippen molar-refractivity contribution in [3.63, 3.8) is 0 Å². The molecule has 0 aliphatic rings. The van der Waals surface area contributed by atoms with Gasteiger partial charge in [-0.3, -0.25) is 10.3 Å². The molecule has 0 saturated carbocycles. The molecule has 0 bridgehead atoms. The Bertz CT molecular complexity index is 589. The van der Waals surface area contributed by atoms with E-state index in [1.807, 2.05) is 32.2 Å². The second-order valence-corrected chi connectivity index (χ2v) is 6.46. The van der Waals surface area contributed by atoms with Crippen LogP contribution in [0.5, 0.6) is 0 Å². The molecule has 2 rings (SSSR count). The number of rotatable bonds is 1. The molecule has 1 amide bonds. The van der Waals surface area contributed by atoms with Crippen molar-refractivity contribution >= 4 is 49.3 Å². The third kappa shape index (κ3) is 3.00. The van der Waals surface area contributed by atoms with E-state index in [9.17, 15) is 4.79 Å². The van der Waals surface area contributed by atoms with Gasteiger partial charge in [0.15, 0.2) is 0 Å². The van der Waals surface area contributed by atoms with Crippen LogP contribution in [0.2, 0.25) is 0 Å². The van der Waals surface area contributed by atoms with Crippen molar-refractivity contribution < 1.29 is 9.53 Å². The highest BCUT2D eigenvalue weighted by atomic mass is 79.9. The Morgan fingerprint density at radius 1 is 1.50 bits per heavy atom. The highest BCUT2D eigenvalue weighted by Gasteiger charge is 2.17. The molecule has 6 heteroatoms. The number of hydrogen-bond donors (Lipinski definition) is 1. The monoisotopic (exact) mass is 328 g/mol. The first-order chi connectivity index (χ1) is 8.37. The fourth-order valence-electron chi connectivity index (χ4n) is 1.38. The van der Waals surface area contributed by atoms with Crippen LogP contribution in [0.15, 0.2) is 22.1 Å². The minimum Gasteiger partial charge on any atom is -0.444 e. The normalized spacial score (nSPS) is 11.6. The fraction of sp³-hybridized carbons (Fsp3) is 0.333. The lowest BCUT2D eigenvalue weighted by Crippen LogP contribution is -2.27. The Balaban J connectivity index is 2.21. The third-order valence-electron chi connectivity index (χ3n) is 2.05. The molecule has 0 aliphatic carbocycles. The van der Waals surface area contributed by atoms with Crippen LogP contribution in [0.4, 0.5) is 10.5 Å². The number of carbonyl (C=O) groups is 1. The maximum absolute atomic E-state index is 11.7. The second-order valence-electron chi connectivity index (χ2n) is 4.75. The quantitative estimate of drug-likeness (QED) is 0.843. The number of nitrogens with one attached hydrogen (secondary N) is 1. The van der Waals surface area contributed by atoms with E-state index in [0.29, 0.717) is 5.69 Å². The number of hydrogen-bond acceptors (Lipinski definition) is 4. The van der Waals surface area contributed by atoms with Gasteiger partial charge in [0.25, 0.3) is 0 Å². The van der Waals surface area contributed by atoms with Gasteiger partial charge in [0.05, 0.1) is 26.6 Å². The van der Waals surface area contributed by atoms with Crippen LogP contribution in [-0.4, -0.2) is 16.7 Å². The van der Waals surface area contributed by atoms with E-state index in [0.717, 1.165) is 14.7 Å². The molecule has 4 nitrogen and oxygen atoms in total. The van der Waals surface area contributed by atoms with Crippen molar-refractivity contribution in [3.05, 3.63) is 22.1 Å². The highest BCUT2D eigenvalue weighted by Crippen LogP contribution is 2.33. The standard InChI is InChI=1S/C12H13BrN2O2S/c1-12(2,3)17-11(16)15-8-6-14-7-4-5-18-10(7)9(8)13/h4-6H,1-3H3,(H,15,16). The van der Waals surface area contributed by atoms with E-state index in [2.05, 4.69) is 26.2 Å². The van der Waals surface area contributed by atoms with Crippen LogP contribution >= 0.6 is 27.3 Å². The van der Waals surface area contributed by atoms with Crippen LogP contribution in [0.1, 0.15) is 20.8 Å². The summed E-state index contributed by atoms with van der Waals surface area (Å²) in [4.78, 5) is 15.9. The molecule has 0 aromatic carbocycles. The average molecular weight is 329 g/mol. The summed E-state index contributed by atoms with van der Waals surface area (Å²) in [6.07, 6.45) is 1.13. The van der Waals surface area contributed by atoms with Crippen molar-refractivity contribution in [1.82, 2.24) is 4.98 Å². The van der Waals surface area contributed by atoms with E-state index in [1.165, 1.54) is 0 Å². The molecule has 2 heterocycles. The van der Waals surface area contributed by atoms with E-state index in [4.69, 9.17) is 4.74 Å². The smallest absolute Gasteiger partial charge is 0.412 e. The first-order valence-electron chi connectivity index (χ1n) is 5.38. The topological polar surface area (TPSA) is 51.2 Å². The molecule has 96 valence electrons. The number of nitrogens with zero attached hydrogens (tertiary/aromatic N) is 1. The molecule has 0 spiro atoms. The van der Waals surface area contributed by atoms with E-state index in [1.54, 1.807) is 17.5 Å². The molecule has 18 heavy (non-hydrogen) atoms. The van der Waals surface area contributed by atoms with Crippen molar-refractivity contribution in [2.75, 3.05) is 5.32 Å². The summed E-state index contributed by atoms with van der Waals surface area (Å²) in [5, 5.41) is 4.64. The van der Waals surface area contributed by atoms with Crippen molar-refractivity contribution in [1.29, 1.82) is 0 Å². The summed E-state index contributed by atoms with van der Waals surface area (Å²) in [5.41, 5.74) is 0.998. The summed E-state index contributed by atoms with van der Waals surface area (Å²) in [7, 11) is 0. The lowest BCUT2D eigenvalue weighted by atomic mass is 10.2. The molecule has 0 radical (unpaired) electrons. The molecule has 2 aromatic rings. The fourth-order valence-corrected chi connectivity index (χ4v) is 2.86. The molecule has 0 fully saturated rings. The van der Waals surface area contributed by atoms with Crippen molar-refractivity contribution in [2.24, 2.45) is 0 Å². The van der Waals surface area contributed by atoms with Crippen LogP contribution < -0.4 is 5.32 Å². The largest absolute Gasteiger partial charge is 0.444 e. The molecule has 0 unspecified atom stereocenters. The van der Waals surface area contributed by atoms with Gasteiger partial charge in [-0.25, -0.2) is 4.79 Å². The lowest BCUT2D eigenvalue weighted by molar-refractivity contribution is 0.0636. The number of ether oxygens (including phenoxy) is 1. The summed E-state index contributed by atoms with van der Waals surface area (Å²) in [6.45, 7) is 5.47. The summed E-state index contributed by atoms with van der Waals surface area (Å²) in [6, 6.07) is 1.93. The Kier molecular flexibility index (Phi) is 3.59. The summed E-state index contributed by atoms with van der Waals surface area (Å²) >= 11 is 5.04. The number of carbonyl (C=O) groups excluding carboxylic acids is 1. The maximum Gasteiger partial charge on any atom is 0.412 e. The van der Waals surface area contributed by atoms with Crippen LogP contribution in [-0.2, 0) is 4.74 Å². The number of amides is 1. The first-order valence-corrected chi connectivity index (χ1v) is 7.06. The number of halogens is 1. The minimum atomic E-state index is -0.517. The summed E-state index contributed by atoms with van der Waals surface area (Å²) in [5.74, 6) is 0. The van der Waals surface area contributed by atoms with E-state index < -0.39 is 11.7 Å². The predicted octanol–water partition coefficient (Wildman–Crippen LogP) is 4.41. The molecular weight excluding hydrogens is 316 g/mol. The maximum atomic E-state index is 11.7. The number of fused-ring (bicyclic) bond motifs is 1. The number of thiophene rings is 1. The van der Waals surface area contributed by atoms with Crippen molar-refractivity contribution in [2.45, 2.75) is 26.4 Å². The molecule has 1 N–H and O–H groups in total. The zero-order chi connectivity index (χ0) is 13.3. The van der Waals surface area contributed by atoms with Gasteiger partial charge in [-0.1, -0.05) is 0 Å². The molecular formula is C12H13BrN2O2S. The Hall–Kier alpha value is -1.14.